The van der Waals surface area contributed by atoms with Gasteiger partial charge in [-0.25, -0.2) is 4.39 Å². The Morgan fingerprint density at radius 2 is 2.17 bits per heavy atom. The highest BCUT2D eigenvalue weighted by atomic mass is 19.1. The highest BCUT2D eigenvalue weighted by molar-refractivity contribution is 6.00. The first-order valence-electron chi connectivity index (χ1n) is 7.97. The molecule has 6 heteroatoms. The van der Waals surface area contributed by atoms with Gasteiger partial charge in [0.25, 0.3) is 0 Å². The largest absolute Gasteiger partial charge is 0.342 e. The number of carbonyl (C=O) groups excluding carboxylic acids is 2. The van der Waals surface area contributed by atoms with E-state index < -0.39 is 11.7 Å². The molecule has 2 heterocycles. The van der Waals surface area contributed by atoms with Crippen molar-refractivity contribution in [1.82, 2.24) is 4.90 Å². The highest BCUT2D eigenvalue weighted by Crippen LogP contribution is 2.32. The molecule has 0 spiro atoms. The quantitative estimate of drug-likeness (QED) is 0.915. The number of carbonyl (C=O) groups is 2. The molecule has 2 fully saturated rings. The van der Waals surface area contributed by atoms with E-state index in [0.29, 0.717) is 19.6 Å². The van der Waals surface area contributed by atoms with Crippen LogP contribution in [0.3, 0.4) is 0 Å². The van der Waals surface area contributed by atoms with Gasteiger partial charge in [0.05, 0.1) is 11.6 Å². The van der Waals surface area contributed by atoms with Gasteiger partial charge in [-0.3, -0.25) is 9.59 Å². The summed E-state index contributed by atoms with van der Waals surface area (Å²) in [5.74, 6) is -1.06. The predicted molar refractivity (Wildman–Crippen MR) is 85.2 cm³/mol. The third-order valence-corrected chi connectivity index (χ3v) is 4.98. The van der Waals surface area contributed by atoms with Crippen LogP contribution in [0.1, 0.15) is 19.8 Å². The van der Waals surface area contributed by atoms with Gasteiger partial charge in [-0.1, -0.05) is 19.1 Å². The first-order valence-corrected chi connectivity index (χ1v) is 7.97. The number of nitrogens with zero attached hydrogens (tertiary/aromatic N) is 2. The van der Waals surface area contributed by atoms with Crippen LogP contribution in [-0.4, -0.2) is 42.9 Å². The van der Waals surface area contributed by atoms with Crippen LogP contribution in [0.2, 0.25) is 0 Å². The van der Waals surface area contributed by atoms with Crippen LogP contribution in [-0.2, 0) is 9.59 Å². The van der Waals surface area contributed by atoms with E-state index in [2.05, 4.69) is 6.92 Å². The van der Waals surface area contributed by atoms with Crippen molar-refractivity contribution in [3.05, 3.63) is 30.1 Å². The topological polar surface area (TPSA) is 66.6 Å². The second-order valence-electron chi connectivity index (χ2n) is 6.88. The normalized spacial score (nSPS) is 27.8. The van der Waals surface area contributed by atoms with Crippen LogP contribution in [0.4, 0.5) is 10.1 Å². The van der Waals surface area contributed by atoms with E-state index >= 15 is 0 Å². The van der Waals surface area contributed by atoms with Gasteiger partial charge in [-0.15, -0.1) is 0 Å². The predicted octanol–water partition coefficient (Wildman–Crippen LogP) is 1.38. The van der Waals surface area contributed by atoms with Crippen molar-refractivity contribution in [1.29, 1.82) is 0 Å². The van der Waals surface area contributed by atoms with Crippen LogP contribution in [0.5, 0.6) is 0 Å². The van der Waals surface area contributed by atoms with Crippen LogP contribution in [0, 0.1) is 17.2 Å². The minimum Gasteiger partial charge on any atom is -0.342 e. The lowest BCUT2D eigenvalue weighted by molar-refractivity contribution is -0.135. The molecule has 0 bridgehead atoms. The van der Waals surface area contributed by atoms with E-state index in [0.717, 1.165) is 6.42 Å². The Labute approximate surface area is 135 Å². The van der Waals surface area contributed by atoms with Crippen molar-refractivity contribution in [3.8, 4) is 0 Å². The van der Waals surface area contributed by atoms with Gasteiger partial charge in [0.1, 0.15) is 5.82 Å². The fourth-order valence-corrected chi connectivity index (χ4v) is 3.41. The standard InChI is InChI=1S/C17H22FN3O2/c1-17(10-19)6-7-20(11-17)16(23)12-8-15(22)21(9-12)14-5-3-2-4-13(14)18/h2-5,12H,6-11,19H2,1H3. The number of likely N-dealkylation sites (tertiary alicyclic amines) is 1. The molecule has 1 aromatic rings. The molecular formula is C17H22FN3O2. The number of hydrogen-bond donors (Lipinski definition) is 1. The average molecular weight is 319 g/mol. The number of para-hydroxylation sites is 1. The molecule has 2 saturated heterocycles. The maximum absolute atomic E-state index is 13.9. The Bertz CT molecular complexity index is 636. The molecule has 2 N–H and O–H groups in total. The Morgan fingerprint density at radius 3 is 2.83 bits per heavy atom. The first-order chi connectivity index (χ1) is 10.9. The number of benzene rings is 1. The monoisotopic (exact) mass is 319 g/mol. The molecule has 0 aliphatic carbocycles. The molecule has 2 aliphatic heterocycles. The molecule has 124 valence electrons. The number of anilines is 1. The Kier molecular flexibility index (Phi) is 4.10. The van der Waals surface area contributed by atoms with E-state index in [4.69, 9.17) is 5.73 Å². The minimum atomic E-state index is -0.439. The van der Waals surface area contributed by atoms with E-state index in [9.17, 15) is 14.0 Å². The van der Waals surface area contributed by atoms with Gasteiger partial charge < -0.3 is 15.5 Å². The summed E-state index contributed by atoms with van der Waals surface area (Å²) in [7, 11) is 0. The van der Waals surface area contributed by atoms with Gasteiger partial charge in [-0.05, 0) is 30.5 Å². The zero-order valence-corrected chi connectivity index (χ0v) is 13.3. The van der Waals surface area contributed by atoms with E-state index in [1.165, 1.54) is 11.0 Å². The number of rotatable bonds is 3. The smallest absolute Gasteiger partial charge is 0.228 e. The van der Waals surface area contributed by atoms with Crippen molar-refractivity contribution >= 4 is 17.5 Å². The van der Waals surface area contributed by atoms with Crippen LogP contribution in [0.15, 0.2) is 24.3 Å². The SMILES string of the molecule is CC1(CN)CCN(C(=O)C2CC(=O)N(c3ccccc3F)C2)C1. The summed E-state index contributed by atoms with van der Waals surface area (Å²) >= 11 is 0. The Balaban J connectivity index is 1.71. The Hall–Kier alpha value is -1.95. The third-order valence-electron chi connectivity index (χ3n) is 4.98. The number of halogens is 1. The maximum Gasteiger partial charge on any atom is 0.228 e. The van der Waals surface area contributed by atoms with Crippen LogP contribution >= 0.6 is 0 Å². The lowest BCUT2D eigenvalue weighted by atomic mass is 9.90. The summed E-state index contributed by atoms with van der Waals surface area (Å²) in [6.45, 7) is 4.17. The van der Waals surface area contributed by atoms with Gasteiger partial charge in [0, 0.05) is 26.1 Å². The van der Waals surface area contributed by atoms with Gasteiger partial charge in [0.2, 0.25) is 11.8 Å². The maximum atomic E-state index is 13.9. The van der Waals surface area contributed by atoms with Gasteiger partial charge in [0.15, 0.2) is 0 Å². The van der Waals surface area contributed by atoms with E-state index in [-0.39, 0.29) is 35.9 Å². The fraction of sp³-hybridized carbons (Fsp3) is 0.529. The molecule has 0 radical (unpaired) electrons. The third kappa shape index (κ3) is 2.95. The van der Waals surface area contributed by atoms with Crippen molar-refractivity contribution in [2.75, 3.05) is 31.1 Å². The fourth-order valence-electron chi connectivity index (χ4n) is 3.41. The molecule has 2 aliphatic rings. The Morgan fingerprint density at radius 1 is 1.43 bits per heavy atom. The van der Waals surface area contributed by atoms with Crippen LogP contribution in [0.25, 0.3) is 0 Å². The van der Waals surface area contributed by atoms with Crippen LogP contribution < -0.4 is 10.6 Å². The highest BCUT2D eigenvalue weighted by Gasteiger charge is 2.42. The van der Waals surface area contributed by atoms with Crippen molar-refractivity contribution in [2.45, 2.75) is 19.8 Å². The summed E-state index contributed by atoms with van der Waals surface area (Å²) in [4.78, 5) is 28.1. The molecule has 5 nitrogen and oxygen atoms in total. The minimum absolute atomic E-state index is 0.0191. The number of amides is 2. The molecule has 2 amide bonds. The summed E-state index contributed by atoms with van der Waals surface area (Å²) < 4.78 is 13.9. The molecule has 23 heavy (non-hydrogen) atoms. The summed E-state index contributed by atoms with van der Waals surface area (Å²) in [6.07, 6.45) is 1.02. The summed E-state index contributed by atoms with van der Waals surface area (Å²) in [5.41, 5.74) is 5.99. The molecule has 2 atom stereocenters. The number of hydrogen-bond acceptors (Lipinski definition) is 3. The molecule has 1 aromatic carbocycles. The van der Waals surface area contributed by atoms with E-state index in [1.807, 2.05) is 0 Å². The summed E-state index contributed by atoms with van der Waals surface area (Å²) in [5, 5.41) is 0. The zero-order chi connectivity index (χ0) is 16.6. The average Bonchev–Trinajstić information content (AvgIpc) is 3.12. The van der Waals surface area contributed by atoms with Crippen molar-refractivity contribution in [2.24, 2.45) is 17.1 Å². The molecule has 2 unspecified atom stereocenters. The lowest BCUT2D eigenvalue weighted by Crippen LogP contribution is -2.38. The van der Waals surface area contributed by atoms with Crippen molar-refractivity contribution in [3.63, 3.8) is 0 Å². The second-order valence-corrected chi connectivity index (χ2v) is 6.88. The molecule has 0 aromatic heterocycles. The zero-order valence-electron chi connectivity index (χ0n) is 13.3. The molecular weight excluding hydrogens is 297 g/mol. The first kappa shape index (κ1) is 15.9. The van der Waals surface area contributed by atoms with Crippen molar-refractivity contribution < 1.29 is 14.0 Å². The van der Waals surface area contributed by atoms with E-state index in [1.54, 1.807) is 23.1 Å². The van der Waals surface area contributed by atoms with Gasteiger partial charge in [-0.2, -0.15) is 0 Å². The summed E-state index contributed by atoms with van der Waals surface area (Å²) in [6, 6.07) is 6.17. The lowest BCUT2D eigenvalue weighted by Gasteiger charge is -2.24. The van der Waals surface area contributed by atoms with Gasteiger partial charge >= 0.3 is 0 Å². The second kappa shape index (κ2) is 5.92. The number of nitrogens with two attached hydrogens (primary N) is 1. The molecule has 0 saturated carbocycles. The molecule has 3 rings (SSSR count).